The van der Waals surface area contributed by atoms with Crippen molar-refractivity contribution in [1.29, 1.82) is 0 Å². The molecule has 1 aromatic carbocycles. The summed E-state index contributed by atoms with van der Waals surface area (Å²) in [5.41, 5.74) is 0.859. The van der Waals surface area contributed by atoms with Gasteiger partial charge in [0.05, 0.1) is 0 Å². The number of carbonyl (C=O) groups excluding carboxylic acids is 1. The van der Waals surface area contributed by atoms with Crippen LogP contribution < -0.4 is 0 Å². The summed E-state index contributed by atoms with van der Waals surface area (Å²) in [4.78, 5) is 16.4. The number of aryl methyl sites for hydroxylation is 1. The smallest absolute Gasteiger partial charge is 0.410 e. The first-order valence-electron chi connectivity index (χ1n) is 9.69. The molecule has 0 N–H and O–H groups in total. The lowest BCUT2D eigenvalue weighted by atomic mass is 10.0. The zero-order valence-corrected chi connectivity index (χ0v) is 17.4. The minimum atomic E-state index is -0.386. The van der Waals surface area contributed by atoms with Crippen LogP contribution in [0.25, 0.3) is 0 Å². The van der Waals surface area contributed by atoms with E-state index in [2.05, 4.69) is 4.90 Å². The standard InChI is InChI=1S/C14H26N2O2.C7H7Cl/c1-14(2,3)18-13(17)16-10-6-12(7-11-16)15-8-4-5-9-15;1-6-2-4-7(8)5-3-6/h12H,4-11H2,1-3H3;2-5H,1H3. The van der Waals surface area contributed by atoms with Crippen molar-refractivity contribution in [2.45, 2.75) is 65.0 Å². The summed E-state index contributed by atoms with van der Waals surface area (Å²) in [5, 5.41) is 0.801. The summed E-state index contributed by atoms with van der Waals surface area (Å²) >= 11 is 5.61. The number of ether oxygens (including phenoxy) is 1. The monoisotopic (exact) mass is 380 g/mol. The lowest BCUT2D eigenvalue weighted by molar-refractivity contribution is 0.0156. The van der Waals surface area contributed by atoms with Crippen LogP contribution in [0.2, 0.25) is 5.02 Å². The Balaban J connectivity index is 0.000000254. The summed E-state index contributed by atoms with van der Waals surface area (Å²) in [7, 11) is 0. The molecule has 0 unspecified atom stereocenters. The molecule has 0 spiro atoms. The van der Waals surface area contributed by atoms with Crippen LogP contribution in [-0.2, 0) is 4.74 Å². The number of nitrogens with zero attached hydrogens (tertiary/aromatic N) is 2. The van der Waals surface area contributed by atoms with Crippen molar-refractivity contribution in [3.8, 4) is 0 Å². The fourth-order valence-electron chi connectivity index (χ4n) is 3.38. The Bertz CT molecular complexity index is 533. The van der Waals surface area contributed by atoms with Crippen molar-refractivity contribution in [1.82, 2.24) is 9.80 Å². The van der Waals surface area contributed by atoms with Crippen LogP contribution in [0.1, 0.15) is 52.0 Å². The molecule has 5 heteroatoms. The van der Waals surface area contributed by atoms with E-state index in [0.29, 0.717) is 6.04 Å². The van der Waals surface area contributed by atoms with Crippen LogP contribution in [0.15, 0.2) is 24.3 Å². The molecule has 26 heavy (non-hydrogen) atoms. The number of hydrogen-bond acceptors (Lipinski definition) is 3. The third-order valence-corrected chi connectivity index (χ3v) is 5.04. The third-order valence-electron chi connectivity index (χ3n) is 4.78. The van der Waals surface area contributed by atoms with Crippen LogP contribution in [0, 0.1) is 6.92 Å². The minimum absolute atomic E-state index is 0.151. The Hall–Kier alpha value is -1.26. The molecule has 146 valence electrons. The number of halogens is 1. The molecule has 2 fully saturated rings. The molecule has 0 atom stereocenters. The van der Waals surface area contributed by atoms with E-state index in [1.807, 2.05) is 56.9 Å². The maximum atomic E-state index is 11.9. The number of carbonyl (C=O) groups is 1. The maximum absolute atomic E-state index is 11.9. The second-order valence-corrected chi connectivity index (χ2v) is 8.67. The van der Waals surface area contributed by atoms with Crippen LogP contribution in [0.3, 0.4) is 0 Å². The molecule has 4 nitrogen and oxygen atoms in total. The molecule has 1 amide bonds. The van der Waals surface area contributed by atoms with Crippen molar-refractivity contribution >= 4 is 17.7 Å². The zero-order chi connectivity index (χ0) is 19.2. The highest BCUT2D eigenvalue weighted by Crippen LogP contribution is 2.22. The van der Waals surface area contributed by atoms with Gasteiger partial charge in [0.2, 0.25) is 0 Å². The maximum Gasteiger partial charge on any atom is 0.410 e. The van der Waals surface area contributed by atoms with Gasteiger partial charge in [0.25, 0.3) is 0 Å². The number of benzene rings is 1. The molecule has 0 bridgehead atoms. The predicted octanol–water partition coefficient (Wildman–Crippen LogP) is 5.13. The Morgan fingerprint density at radius 2 is 1.58 bits per heavy atom. The number of likely N-dealkylation sites (tertiary alicyclic amines) is 2. The number of hydrogen-bond donors (Lipinski definition) is 0. The molecule has 0 saturated carbocycles. The molecule has 3 rings (SSSR count). The van der Waals surface area contributed by atoms with Gasteiger partial charge in [-0.3, -0.25) is 0 Å². The molecule has 2 saturated heterocycles. The highest BCUT2D eigenvalue weighted by molar-refractivity contribution is 6.30. The highest BCUT2D eigenvalue weighted by atomic mass is 35.5. The molecule has 2 aliphatic rings. The van der Waals surface area contributed by atoms with E-state index in [-0.39, 0.29) is 11.7 Å². The van der Waals surface area contributed by atoms with E-state index in [4.69, 9.17) is 16.3 Å². The first-order valence-corrected chi connectivity index (χ1v) is 10.1. The SMILES string of the molecule is CC(C)(C)OC(=O)N1CCC(N2CCCC2)CC1.Cc1ccc(Cl)cc1. The van der Waals surface area contributed by atoms with Crippen molar-refractivity contribution in [3.05, 3.63) is 34.9 Å². The van der Waals surface area contributed by atoms with Gasteiger partial charge >= 0.3 is 6.09 Å². The van der Waals surface area contributed by atoms with Crippen LogP contribution in [0.5, 0.6) is 0 Å². The third kappa shape index (κ3) is 7.16. The van der Waals surface area contributed by atoms with Crippen molar-refractivity contribution in [2.24, 2.45) is 0 Å². The van der Waals surface area contributed by atoms with Gasteiger partial charge in [-0.25, -0.2) is 4.79 Å². The Labute approximate surface area is 163 Å². The van der Waals surface area contributed by atoms with Gasteiger partial charge in [0, 0.05) is 24.2 Å². The summed E-state index contributed by atoms with van der Waals surface area (Å²) in [6, 6.07) is 8.43. The Kier molecular flexibility index (Phi) is 7.78. The van der Waals surface area contributed by atoms with E-state index in [1.54, 1.807) is 0 Å². The zero-order valence-electron chi connectivity index (χ0n) is 16.6. The fourth-order valence-corrected chi connectivity index (χ4v) is 3.51. The highest BCUT2D eigenvalue weighted by Gasteiger charge is 2.30. The lowest BCUT2D eigenvalue weighted by Gasteiger charge is -2.37. The second kappa shape index (κ2) is 9.61. The van der Waals surface area contributed by atoms with E-state index < -0.39 is 0 Å². The summed E-state index contributed by atoms with van der Waals surface area (Å²) in [5.74, 6) is 0. The quantitative estimate of drug-likeness (QED) is 0.677. The Morgan fingerprint density at radius 1 is 1.04 bits per heavy atom. The molecule has 2 aliphatic heterocycles. The largest absolute Gasteiger partial charge is 0.444 e. The number of piperidine rings is 1. The molecule has 0 aliphatic carbocycles. The summed E-state index contributed by atoms with van der Waals surface area (Å²) in [6.45, 7) is 12.0. The topological polar surface area (TPSA) is 32.8 Å². The molecular formula is C21H33ClN2O2. The first kappa shape index (κ1) is 21.0. The molecular weight excluding hydrogens is 348 g/mol. The van der Waals surface area contributed by atoms with Crippen LogP contribution in [-0.4, -0.2) is 53.7 Å². The molecule has 2 heterocycles. The predicted molar refractivity (Wildman–Crippen MR) is 108 cm³/mol. The van der Waals surface area contributed by atoms with Crippen molar-refractivity contribution in [3.63, 3.8) is 0 Å². The second-order valence-electron chi connectivity index (χ2n) is 8.24. The minimum Gasteiger partial charge on any atom is -0.444 e. The Morgan fingerprint density at radius 3 is 2.04 bits per heavy atom. The number of rotatable bonds is 1. The van der Waals surface area contributed by atoms with Gasteiger partial charge in [-0.1, -0.05) is 29.3 Å². The fraction of sp³-hybridized carbons (Fsp3) is 0.667. The molecule has 1 aromatic rings. The normalized spacial score (nSPS) is 19.0. The summed E-state index contributed by atoms with van der Waals surface area (Å²) in [6.07, 6.45) is 4.72. The van der Waals surface area contributed by atoms with Gasteiger partial charge in [0.1, 0.15) is 5.60 Å². The van der Waals surface area contributed by atoms with Gasteiger partial charge in [-0.15, -0.1) is 0 Å². The molecule has 0 aromatic heterocycles. The average Bonchev–Trinajstić information content (AvgIpc) is 3.11. The first-order chi connectivity index (χ1) is 12.2. The van der Waals surface area contributed by atoms with Crippen molar-refractivity contribution in [2.75, 3.05) is 26.2 Å². The number of amides is 1. The van der Waals surface area contributed by atoms with Gasteiger partial charge in [-0.2, -0.15) is 0 Å². The average molecular weight is 381 g/mol. The van der Waals surface area contributed by atoms with E-state index in [0.717, 1.165) is 31.0 Å². The van der Waals surface area contributed by atoms with Gasteiger partial charge in [0.15, 0.2) is 0 Å². The van der Waals surface area contributed by atoms with Gasteiger partial charge in [-0.05, 0) is 78.6 Å². The van der Waals surface area contributed by atoms with Crippen molar-refractivity contribution < 1.29 is 9.53 Å². The van der Waals surface area contributed by atoms with E-state index >= 15 is 0 Å². The van der Waals surface area contributed by atoms with E-state index in [1.165, 1.54) is 31.5 Å². The van der Waals surface area contributed by atoms with Gasteiger partial charge < -0.3 is 14.5 Å². The molecule has 0 radical (unpaired) electrons. The van der Waals surface area contributed by atoms with E-state index in [9.17, 15) is 4.79 Å². The summed E-state index contributed by atoms with van der Waals surface area (Å²) < 4.78 is 5.41. The van der Waals surface area contributed by atoms with Crippen LogP contribution >= 0.6 is 11.6 Å². The lowest BCUT2D eigenvalue weighted by Crippen LogP contribution is -2.47. The van der Waals surface area contributed by atoms with Crippen LogP contribution in [0.4, 0.5) is 4.79 Å².